The normalized spacial score (nSPS) is 23.9. The van der Waals surface area contributed by atoms with Gasteiger partial charge < -0.3 is 14.8 Å². The number of halogens is 2. The van der Waals surface area contributed by atoms with Gasteiger partial charge >= 0.3 is 0 Å². The van der Waals surface area contributed by atoms with Gasteiger partial charge in [-0.2, -0.15) is 8.42 Å². The number of hydrogen-bond acceptors (Lipinski definition) is 6. The highest BCUT2D eigenvalue weighted by Gasteiger charge is 2.44. The average Bonchev–Trinajstić information content (AvgIpc) is 3.16. The molecule has 0 aromatic heterocycles. The van der Waals surface area contributed by atoms with E-state index in [9.17, 15) is 12.8 Å². The van der Waals surface area contributed by atoms with E-state index >= 15 is 0 Å². The Balaban J connectivity index is 1.46. The van der Waals surface area contributed by atoms with Crippen molar-refractivity contribution in [1.82, 2.24) is 5.32 Å². The predicted molar refractivity (Wildman–Crippen MR) is 130 cm³/mol. The van der Waals surface area contributed by atoms with Crippen LogP contribution in [0, 0.1) is 12.7 Å². The Morgan fingerprint density at radius 1 is 1.11 bits per heavy atom. The molecule has 3 atom stereocenters. The first-order valence-corrected chi connectivity index (χ1v) is 13.1. The average molecular weight is 518 g/mol. The number of rotatable bonds is 5. The first-order chi connectivity index (χ1) is 16.7. The van der Waals surface area contributed by atoms with Crippen molar-refractivity contribution >= 4 is 21.7 Å². The second-order valence-corrected chi connectivity index (χ2v) is 11.0. The van der Waals surface area contributed by atoms with Crippen LogP contribution in [0.25, 0.3) is 0 Å². The summed E-state index contributed by atoms with van der Waals surface area (Å²) >= 11 is 5.92. The van der Waals surface area contributed by atoms with Crippen LogP contribution in [-0.2, 0) is 20.1 Å². The lowest BCUT2D eigenvalue weighted by Crippen LogP contribution is -2.42. The summed E-state index contributed by atoms with van der Waals surface area (Å²) in [5.41, 5.74) is 1.92. The maximum atomic E-state index is 14.7. The Morgan fingerprint density at radius 3 is 2.63 bits per heavy atom. The van der Waals surface area contributed by atoms with E-state index in [1.165, 1.54) is 12.1 Å². The van der Waals surface area contributed by atoms with Crippen molar-refractivity contribution in [2.45, 2.75) is 43.0 Å². The number of aryl methyl sites for hydroxylation is 1. The summed E-state index contributed by atoms with van der Waals surface area (Å²) in [5, 5.41) is 3.49. The number of ether oxygens (including phenoxy) is 2. The number of piperidine rings is 1. The minimum Gasteiger partial charge on any atom is -0.444 e. The lowest BCUT2D eigenvalue weighted by molar-refractivity contribution is -0.0713. The maximum absolute atomic E-state index is 14.7. The SMILES string of the molecule is Cc1ccc(S(=O)(=O)OC2CNCCC2c2cccc3c2O[C@@](C)(c2ccc(Cl)cc2F)O3)cc1. The molecule has 3 aromatic carbocycles. The fourth-order valence-corrected chi connectivity index (χ4v) is 5.88. The molecule has 0 saturated carbocycles. The van der Waals surface area contributed by atoms with Crippen molar-refractivity contribution < 1.29 is 26.5 Å². The molecule has 3 aromatic rings. The third-order valence-electron chi connectivity index (χ3n) is 6.42. The number of benzene rings is 3. The molecule has 2 heterocycles. The zero-order valence-corrected chi connectivity index (χ0v) is 20.8. The lowest BCUT2D eigenvalue weighted by Gasteiger charge is -2.32. The summed E-state index contributed by atoms with van der Waals surface area (Å²) in [6, 6.07) is 16.3. The first-order valence-electron chi connectivity index (χ1n) is 11.3. The largest absolute Gasteiger partial charge is 0.444 e. The van der Waals surface area contributed by atoms with Crippen LogP contribution in [0.3, 0.4) is 0 Å². The van der Waals surface area contributed by atoms with Crippen LogP contribution < -0.4 is 14.8 Å². The van der Waals surface area contributed by atoms with E-state index in [4.69, 9.17) is 25.3 Å². The highest BCUT2D eigenvalue weighted by molar-refractivity contribution is 7.86. The Kier molecular flexibility index (Phi) is 6.25. The molecule has 6 nitrogen and oxygen atoms in total. The van der Waals surface area contributed by atoms with E-state index in [1.807, 2.05) is 19.1 Å². The molecule has 184 valence electrons. The van der Waals surface area contributed by atoms with E-state index in [1.54, 1.807) is 43.3 Å². The molecular weight excluding hydrogens is 493 g/mol. The molecule has 35 heavy (non-hydrogen) atoms. The summed E-state index contributed by atoms with van der Waals surface area (Å²) in [7, 11) is -3.98. The second kappa shape index (κ2) is 9.09. The molecule has 0 radical (unpaired) electrons. The fraction of sp³-hybridized carbons (Fsp3) is 0.308. The smallest absolute Gasteiger partial charge is 0.297 e. The third kappa shape index (κ3) is 4.63. The van der Waals surface area contributed by atoms with Crippen LogP contribution in [0.4, 0.5) is 4.39 Å². The molecule has 0 spiro atoms. The van der Waals surface area contributed by atoms with Gasteiger partial charge in [-0.1, -0.05) is 41.4 Å². The standard InChI is InChI=1S/C26H25ClFNO5S/c1-16-6-9-18(10-7-16)35(30,31)34-24-15-29-13-12-19(24)20-4-3-5-23-25(20)33-26(2,32-23)21-11-8-17(27)14-22(21)28/h3-11,14,19,24,29H,12-13,15H2,1-2H3/t19?,24?,26-/m0/s1. The third-order valence-corrected chi connectivity index (χ3v) is 8.00. The van der Waals surface area contributed by atoms with Gasteiger partial charge in [-0.05, 0) is 56.3 Å². The monoisotopic (exact) mass is 517 g/mol. The molecule has 0 amide bonds. The fourth-order valence-electron chi connectivity index (χ4n) is 4.62. The predicted octanol–water partition coefficient (Wildman–Crippen LogP) is 5.28. The van der Waals surface area contributed by atoms with E-state index in [0.717, 1.165) is 11.1 Å². The van der Waals surface area contributed by atoms with Gasteiger partial charge in [0, 0.05) is 30.0 Å². The van der Waals surface area contributed by atoms with Crippen LogP contribution in [0.2, 0.25) is 5.02 Å². The summed E-state index contributed by atoms with van der Waals surface area (Å²) < 4.78 is 58.8. The Bertz CT molecular complexity index is 1360. The van der Waals surface area contributed by atoms with Crippen molar-refractivity contribution in [3.05, 3.63) is 88.2 Å². The van der Waals surface area contributed by atoms with Gasteiger partial charge in [0.25, 0.3) is 15.9 Å². The summed E-state index contributed by atoms with van der Waals surface area (Å²) in [5.74, 6) is -1.31. The lowest BCUT2D eigenvalue weighted by atomic mass is 9.87. The maximum Gasteiger partial charge on any atom is 0.297 e. The van der Waals surface area contributed by atoms with Gasteiger partial charge in [0.15, 0.2) is 11.5 Å². The molecule has 9 heteroatoms. The number of hydrogen-bond donors (Lipinski definition) is 1. The topological polar surface area (TPSA) is 73.9 Å². The van der Waals surface area contributed by atoms with Gasteiger partial charge in [-0.15, -0.1) is 0 Å². The van der Waals surface area contributed by atoms with E-state index in [2.05, 4.69) is 5.32 Å². The van der Waals surface area contributed by atoms with Crippen LogP contribution >= 0.6 is 11.6 Å². The molecule has 1 saturated heterocycles. The van der Waals surface area contributed by atoms with Crippen molar-refractivity contribution in [2.75, 3.05) is 13.1 Å². The Morgan fingerprint density at radius 2 is 1.89 bits per heavy atom. The number of nitrogens with one attached hydrogen (secondary N) is 1. The van der Waals surface area contributed by atoms with Gasteiger partial charge in [0.05, 0.1) is 16.6 Å². The minimum atomic E-state index is -3.98. The zero-order valence-electron chi connectivity index (χ0n) is 19.3. The Hall–Kier alpha value is -2.65. The van der Waals surface area contributed by atoms with Crippen molar-refractivity contribution in [3.8, 4) is 11.5 Å². The molecule has 2 unspecified atom stereocenters. The molecule has 5 rings (SSSR count). The van der Waals surface area contributed by atoms with Gasteiger partial charge in [0.2, 0.25) is 0 Å². The highest BCUT2D eigenvalue weighted by atomic mass is 35.5. The molecule has 1 N–H and O–H groups in total. The Labute approximate surface area is 209 Å². The van der Waals surface area contributed by atoms with Crippen molar-refractivity contribution in [3.63, 3.8) is 0 Å². The van der Waals surface area contributed by atoms with Crippen LogP contribution in [-0.4, -0.2) is 27.6 Å². The molecule has 2 aliphatic heterocycles. The van der Waals surface area contributed by atoms with E-state index in [0.29, 0.717) is 31.0 Å². The molecule has 0 aliphatic carbocycles. The van der Waals surface area contributed by atoms with Crippen LogP contribution in [0.1, 0.15) is 36.0 Å². The zero-order chi connectivity index (χ0) is 24.8. The highest BCUT2D eigenvalue weighted by Crippen LogP contribution is 2.50. The van der Waals surface area contributed by atoms with Gasteiger partial charge in [-0.3, -0.25) is 4.18 Å². The van der Waals surface area contributed by atoms with E-state index < -0.39 is 27.8 Å². The minimum absolute atomic E-state index is 0.107. The van der Waals surface area contributed by atoms with Crippen molar-refractivity contribution in [1.29, 1.82) is 0 Å². The quantitative estimate of drug-likeness (QED) is 0.464. The van der Waals surface area contributed by atoms with E-state index in [-0.39, 0.29) is 21.4 Å². The van der Waals surface area contributed by atoms with Crippen LogP contribution in [0.15, 0.2) is 65.6 Å². The van der Waals surface area contributed by atoms with Gasteiger partial charge in [0.1, 0.15) is 5.82 Å². The summed E-state index contributed by atoms with van der Waals surface area (Å²) in [4.78, 5) is 0.107. The molecule has 2 aliphatic rings. The molecular formula is C26H25ClFNO5S. The van der Waals surface area contributed by atoms with Crippen molar-refractivity contribution in [2.24, 2.45) is 0 Å². The summed E-state index contributed by atoms with van der Waals surface area (Å²) in [6.07, 6.45) is -0.0378. The molecule has 0 bridgehead atoms. The molecule has 1 fully saturated rings. The number of para-hydroxylation sites is 1. The van der Waals surface area contributed by atoms with Gasteiger partial charge in [-0.25, -0.2) is 4.39 Å². The summed E-state index contributed by atoms with van der Waals surface area (Å²) in [6.45, 7) is 4.56. The number of fused-ring (bicyclic) bond motifs is 1. The van der Waals surface area contributed by atoms with Crippen LogP contribution in [0.5, 0.6) is 11.5 Å². The second-order valence-electron chi connectivity index (χ2n) is 8.95. The first kappa shape index (κ1) is 24.1.